The van der Waals surface area contributed by atoms with Crippen LogP contribution in [0.5, 0.6) is 0 Å². The van der Waals surface area contributed by atoms with Crippen molar-refractivity contribution < 1.29 is 13.2 Å². The number of hydrogen-bond acceptors (Lipinski definition) is 6. The van der Waals surface area contributed by atoms with E-state index in [9.17, 15) is 13.2 Å². The van der Waals surface area contributed by atoms with E-state index in [-0.39, 0.29) is 17.0 Å². The van der Waals surface area contributed by atoms with E-state index >= 15 is 0 Å². The Kier molecular flexibility index (Phi) is 5.77. The highest BCUT2D eigenvalue weighted by Crippen LogP contribution is 2.35. The summed E-state index contributed by atoms with van der Waals surface area (Å²) in [6, 6.07) is 8.03. The van der Waals surface area contributed by atoms with Gasteiger partial charge in [0.1, 0.15) is 10.9 Å². The number of hydrogen-bond donors (Lipinski definition) is 2. The molecule has 0 spiro atoms. The van der Waals surface area contributed by atoms with Crippen molar-refractivity contribution in [2.75, 3.05) is 39.2 Å². The summed E-state index contributed by atoms with van der Waals surface area (Å²) in [6.45, 7) is 8.73. The van der Waals surface area contributed by atoms with Crippen LogP contribution in [0, 0.1) is 6.57 Å². The molecule has 168 valence electrons. The number of benzene rings is 1. The largest absolute Gasteiger partial charge is 0.381 e. The highest BCUT2D eigenvalue weighted by molar-refractivity contribution is 7.89. The van der Waals surface area contributed by atoms with Crippen molar-refractivity contribution in [2.45, 2.75) is 23.3 Å². The first-order valence-corrected chi connectivity index (χ1v) is 11.5. The van der Waals surface area contributed by atoms with E-state index in [1.54, 1.807) is 29.1 Å². The number of pyridine rings is 1. The molecule has 0 saturated carbocycles. The Morgan fingerprint density at radius 3 is 2.56 bits per heavy atom. The van der Waals surface area contributed by atoms with E-state index < -0.39 is 15.6 Å². The lowest BCUT2D eigenvalue weighted by Gasteiger charge is -2.33. The van der Waals surface area contributed by atoms with Gasteiger partial charge in [0.2, 0.25) is 16.6 Å². The summed E-state index contributed by atoms with van der Waals surface area (Å²) in [5.74, 6) is 0.348. The summed E-state index contributed by atoms with van der Waals surface area (Å²) in [4.78, 5) is 19.2. The normalized spacial score (nSPS) is 16.2. The second-order valence-corrected chi connectivity index (χ2v) is 10.1. The number of nitrogens with zero attached hydrogens (tertiary/aromatic N) is 4. The molecule has 3 aromatic rings. The Labute approximate surface area is 185 Å². The Morgan fingerprint density at radius 1 is 1.25 bits per heavy atom. The summed E-state index contributed by atoms with van der Waals surface area (Å²) in [7, 11) is -0.594. The molecule has 1 fully saturated rings. The molecule has 0 aliphatic carbocycles. The molecule has 0 bridgehead atoms. The van der Waals surface area contributed by atoms with Gasteiger partial charge in [-0.2, -0.15) is 5.10 Å². The van der Waals surface area contributed by atoms with Crippen LogP contribution in [-0.4, -0.2) is 61.3 Å². The fourth-order valence-electron chi connectivity index (χ4n) is 3.92. The lowest BCUT2D eigenvalue weighted by molar-refractivity contribution is 0.0249. The first-order valence-electron chi connectivity index (χ1n) is 10.1. The minimum absolute atomic E-state index is 0.166. The van der Waals surface area contributed by atoms with Gasteiger partial charge in [0.15, 0.2) is 5.82 Å². The summed E-state index contributed by atoms with van der Waals surface area (Å²) in [6.07, 6.45) is 2.81. The maximum atomic E-state index is 12.7. The average Bonchev–Trinajstić information content (AvgIpc) is 3.15. The molecule has 3 heterocycles. The molecule has 2 N–H and O–H groups in total. The molecule has 1 saturated heterocycles. The molecule has 10 nitrogen and oxygen atoms in total. The highest BCUT2D eigenvalue weighted by Gasteiger charge is 2.40. The van der Waals surface area contributed by atoms with Gasteiger partial charge < -0.3 is 19.9 Å². The van der Waals surface area contributed by atoms with Crippen LogP contribution in [0.4, 0.5) is 11.5 Å². The molecular formula is C21H24N6O4S. The minimum atomic E-state index is -3.54. The van der Waals surface area contributed by atoms with E-state index in [2.05, 4.69) is 15.1 Å². The Balaban J connectivity index is 1.78. The molecule has 0 amide bonds. The molecule has 0 radical (unpaired) electrons. The van der Waals surface area contributed by atoms with E-state index in [0.717, 1.165) is 4.31 Å². The predicted octanol–water partition coefficient (Wildman–Crippen LogP) is 2.14. The zero-order chi connectivity index (χ0) is 22.9. The quantitative estimate of drug-likeness (QED) is 0.550. The zero-order valence-electron chi connectivity index (χ0n) is 17.8. The second kappa shape index (κ2) is 8.38. The van der Waals surface area contributed by atoms with Gasteiger partial charge >= 0.3 is 0 Å². The van der Waals surface area contributed by atoms with Gasteiger partial charge in [-0.25, -0.2) is 24.0 Å². The van der Waals surface area contributed by atoms with Crippen LogP contribution in [0.1, 0.15) is 12.8 Å². The number of aromatic amines is 1. The molecule has 2 aromatic heterocycles. The number of anilines is 2. The van der Waals surface area contributed by atoms with Crippen molar-refractivity contribution >= 4 is 32.4 Å². The highest BCUT2D eigenvalue weighted by atomic mass is 32.2. The van der Waals surface area contributed by atoms with Gasteiger partial charge in [0, 0.05) is 52.0 Å². The van der Waals surface area contributed by atoms with Crippen LogP contribution in [-0.2, 0) is 20.3 Å². The Morgan fingerprint density at radius 2 is 1.94 bits per heavy atom. The van der Waals surface area contributed by atoms with Crippen molar-refractivity contribution in [1.29, 1.82) is 0 Å². The molecular weight excluding hydrogens is 432 g/mol. The molecule has 11 heteroatoms. The first kappa shape index (κ1) is 22.0. The number of H-pyrrole nitrogens is 1. The number of fused-ring (bicyclic) bond motifs is 1. The number of sulfonamides is 1. The third-order valence-corrected chi connectivity index (χ3v) is 7.57. The molecule has 32 heavy (non-hydrogen) atoms. The van der Waals surface area contributed by atoms with Gasteiger partial charge in [-0.15, -0.1) is 0 Å². The topological polar surface area (TPSA) is 114 Å². The minimum Gasteiger partial charge on any atom is -0.381 e. The van der Waals surface area contributed by atoms with Crippen molar-refractivity contribution in [2.24, 2.45) is 0 Å². The van der Waals surface area contributed by atoms with E-state index in [1.165, 1.54) is 26.2 Å². The molecule has 0 unspecified atom stereocenters. The molecule has 1 aliphatic rings. The Bertz CT molecular complexity index is 1330. The molecule has 4 rings (SSSR count). The van der Waals surface area contributed by atoms with Crippen LogP contribution in [0.3, 0.4) is 0 Å². The SMILES string of the molecule is [C-]#[N+]CC1(n2nc(Nc3ccc(S(=O)(=O)N(C)C)cc3)c3c(=O)[nH]ccc32)CCOCC1. The number of ether oxygens (including phenoxy) is 1. The van der Waals surface area contributed by atoms with E-state index in [4.69, 9.17) is 16.4 Å². The van der Waals surface area contributed by atoms with E-state index in [1.807, 2.05) is 0 Å². The van der Waals surface area contributed by atoms with Gasteiger partial charge in [-0.3, -0.25) is 4.79 Å². The van der Waals surface area contributed by atoms with Crippen molar-refractivity contribution in [3.05, 3.63) is 58.3 Å². The molecule has 1 aliphatic heterocycles. The maximum absolute atomic E-state index is 12.7. The summed E-state index contributed by atoms with van der Waals surface area (Å²) in [5, 5.41) is 8.25. The first-order chi connectivity index (χ1) is 15.3. The standard InChI is InChI=1S/C21H24N6O4S/c1-22-14-21(9-12-31-13-10-21)27-17-8-11-23-20(28)18(17)19(25-27)24-15-4-6-16(7-5-15)32(29,30)26(2)3/h4-8,11H,9-10,12-14H2,2-3H3,(H,23,28)(H,24,25). The second-order valence-electron chi connectivity index (χ2n) is 7.92. The third-order valence-electron chi connectivity index (χ3n) is 5.75. The lowest BCUT2D eigenvalue weighted by Crippen LogP contribution is -2.42. The number of aromatic nitrogens is 3. The van der Waals surface area contributed by atoms with Crippen molar-refractivity contribution in [1.82, 2.24) is 19.1 Å². The van der Waals surface area contributed by atoms with Gasteiger partial charge in [-0.05, 0) is 30.3 Å². The Hall–Kier alpha value is -3.20. The van der Waals surface area contributed by atoms with Crippen LogP contribution < -0.4 is 10.9 Å². The van der Waals surface area contributed by atoms with Crippen LogP contribution in [0.2, 0.25) is 0 Å². The van der Waals surface area contributed by atoms with E-state index in [0.29, 0.717) is 48.5 Å². The van der Waals surface area contributed by atoms with Crippen LogP contribution in [0.15, 0.2) is 46.2 Å². The van der Waals surface area contributed by atoms with Gasteiger partial charge in [0.05, 0.1) is 10.4 Å². The monoisotopic (exact) mass is 456 g/mol. The third kappa shape index (κ3) is 3.77. The fraction of sp³-hybridized carbons (Fsp3) is 0.381. The van der Waals surface area contributed by atoms with Crippen LogP contribution in [0.25, 0.3) is 15.7 Å². The van der Waals surface area contributed by atoms with Crippen molar-refractivity contribution in [3.63, 3.8) is 0 Å². The number of nitrogens with one attached hydrogen (secondary N) is 2. The van der Waals surface area contributed by atoms with Crippen molar-refractivity contribution in [3.8, 4) is 0 Å². The predicted molar refractivity (Wildman–Crippen MR) is 120 cm³/mol. The number of rotatable bonds is 6. The summed E-state index contributed by atoms with van der Waals surface area (Å²) >= 11 is 0. The smallest absolute Gasteiger partial charge is 0.261 e. The summed E-state index contributed by atoms with van der Waals surface area (Å²) < 4.78 is 33.0. The zero-order valence-corrected chi connectivity index (χ0v) is 18.6. The molecule has 1 aromatic carbocycles. The fourth-order valence-corrected chi connectivity index (χ4v) is 4.82. The molecule has 0 atom stereocenters. The van der Waals surface area contributed by atoms with Gasteiger partial charge in [-0.1, -0.05) is 0 Å². The average molecular weight is 457 g/mol. The summed E-state index contributed by atoms with van der Waals surface area (Å²) in [5.41, 5.74) is 0.362. The lowest BCUT2D eigenvalue weighted by atomic mass is 9.90. The van der Waals surface area contributed by atoms with Gasteiger partial charge in [0.25, 0.3) is 5.56 Å². The van der Waals surface area contributed by atoms with Crippen LogP contribution >= 0.6 is 0 Å². The maximum Gasteiger partial charge on any atom is 0.261 e.